The van der Waals surface area contributed by atoms with Crippen LogP contribution in [0.5, 0.6) is 0 Å². The maximum absolute atomic E-state index is 14.3. The molecule has 4 aromatic carbocycles. The molecule has 0 saturated heterocycles. The molecular formula is C27H21F2N. The van der Waals surface area contributed by atoms with Crippen molar-refractivity contribution in [2.45, 2.75) is 26.2 Å². The Kier molecular flexibility index (Phi) is 5.59. The smallest absolute Gasteiger partial charge is 0.151 e. The zero-order chi connectivity index (χ0) is 21.1. The van der Waals surface area contributed by atoms with Crippen molar-refractivity contribution in [3.05, 3.63) is 95.6 Å². The van der Waals surface area contributed by atoms with Crippen molar-refractivity contribution in [1.29, 1.82) is 5.26 Å². The van der Waals surface area contributed by atoms with E-state index < -0.39 is 17.2 Å². The van der Waals surface area contributed by atoms with Gasteiger partial charge in [-0.25, -0.2) is 8.78 Å². The summed E-state index contributed by atoms with van der Waals surface area (Å²) in [5.41, 5.74) is 4.93. The number of nitriles is 1. The van der Waals surface area contributed by atoms with E-state index >= 15 is 0 Å². The number of hydrogen-bond donors (Lipinski definition) is 0. The van der Waals surface area contributed by atoms with Crippen LogP contribution in [0.1, 0.15) is 30.9 Å². The van der Waals surface area contributed by atoms with Crippen molar-refractivity contribution in [2.75, 3.05) is 0 Å². The topological polar surface area (TPSA) is 23.8 Å². The van der Waals surface area contributed by atoms with Crippen LogP contribution in [0, 0.1) is 23.0 Å². The molecular weight excluding hydrogens is 376 g/mol. The molecule has 148 valence electrons. The quantitative estimate of drug-likeness (QED) is 0.339. The fraction of sp³-hybridized carbons (Fsp3) is 0.148. The van der Waals surface area contributed by atoms with Crippen LogP contribution in [-0.4, -0.2) is 0 Å². The van der Waals surface area contributed by atoms with Crippen LogP contribution in [0.3, 0.4) is 0 Å². The van der Waals surface area contributed by atoms with E-state index in [9.17, 15) is 8.78 Å². The van der Waals surface area contributed by atoms with Gasteiger partial charge >= 0.3 is 0 Å². The van der Waals surface area contributed by atoms with Crippen LogP contribution >= 0.6 is 0 Å². The highest BCUT2D eigenvalue weighted by Crippen LogP contribution is 2.30. The van der Waals surface area contributed by atoms with Crippen LogP contribution < -0.4 is 0 Å². The lowest BCUT2D eigenvalue weighted by atomic mass is 9.97. The monoisotopic (exact) mass is 397 g/mol. The van der Waals surface area contributed by atoms with Crippen molar-refractivity contribution < 1.29 is 8.78 Å². The van der Waals surface area contributed by atoms with Gasteiger partial charge < -0.3 is 0 Å². The Labute approximate surface area is 175 Å². The lowest BCUT2D eigenvalue weighted by Crippen LogP contribution is -1.92. The number of halogens is 2. The summed E-state index contributed by atoms with van der Waals surface area (Å²) in [6.07, 6.45) is 3.50. The molecule has 0 heterocycles. The first-order valence-electron chi connectivity index (χ1n) is 10.1. The predicted molar refractivity (Wildman–Crippen MR) is 118 cm³/mol. The third-order valence-corrected chi connectivity index (χ3v) is 5.46. The molecule has 0 spiro atoms. The number of unbranched alkanes of at least 4 members (excludes halogenated alkanes) is 1. The number of benzene rings is 4. The normalized spacial score (nSPS) is 10.9. The zero-order valence-corrected chi connectivity index (χ0v) is 16.8. The van der Waals surface area contributed by atoms with Crippen LogP contribution in [0.15, 0.2) is 72.8 Å². The van der Waals surface area contributed by atoms with Gasteiger partial charge in [0, 0.05) is 5.39 Å². The molecule has 0 saturated carbocycles. The molecule has 4 aromatic rings. The summed E-state index contributed by atoms with van der Waals surface area (Å²) in [5.74, 6) is -1.64. The van der Waals surface area contributed by atoms with Crippen molar-refractivity contribution in [3.8, 4) is 28.3 Å². The van der Waals surface area contributed by atoms with E-state index in [2.05, 4.69) is 43.3 Å². The van der Waals surface area contributed by atoms with Crippen LogP contribution in [-0.2, 0) is 6.42 Å². The zero-order valence-electron chi connectivity index (χ0n) is 16.8. The van der Waals surface area contributed by atoms with E-state index in [1.54, 1.807) is 24.3 Å². The highest BCUT2D eigenvalue weighted by molar-refractivity contribution is 5.89. The van der Waals surface area contributed by atoms with Gasteiger partial charge in [0.25, 0.3) is 0 Å². The summed E-state index contributed by atoms with van der Waals surface area (Å²) in [6.45, 7) is 2.20. The first-order chi connectivity index (χ1) is 14.6. The van der Waals surface area contributed by atoms with Gasteiger partial charge in [-0.1, -0.05) is 74.0 Å². The van der Waals surface area contributed by atoms with Gasteiger partial charge in [0.15, 0.2) is 5.82 Å². The minimum absolute atomic E-state index is 0.247. The Morgan fingerprint density at radius 2 is 1.33 bits per heavy atom. The van der Waals surface area contributed by atoms with E-state index in [0.29, 0.717) is 5.39 Å². The first-order valence-corrected chi connectivity index (χ1v) is 10.1. The Morgan fingerprint density at radius 1 is 0.767 bits per heavy atom. The second kappa shape index (κ2) is 8.47. The van der Waals surface area contributed by atoms with E-state index in [4.69, 9.17) is 5.26 Å². The minimum atomic E-state index is -0.836. The second-order valence-corrected chi connectivity index (χ2v) is 7.47. The average molecular weight is 397 g/mol. The van der Waals surface area contributed by atoms with Crippen molar-refractivity contribution in [3.63, 3.8) is 0 Å². The van der Waals surface area contributed by atoms with Gasteiger partial charge in [-0.15, -0.1) is 0 Å². The third-order valence-electron chi connectivity index (χ3n) is 5.46. The molecule has 0 amide bonds. The molecule has 0 atom stereocenters. The summed E-state index contributed by atoms with van der Waals surface area (Å²) < 4.78 is 28.3. The van der Waals surface area contributed by atoms with Crippen LogP contribution in [0.2, 0.25) is 0 Å². The van der Waals surface area contributed by atoms with E-state index in [0.717, 1.165) is 28.7 Å². The largest absolute Gasteiger partial charge is 0.205 e. The molecule has 0 aromatic heterocycles. The summed E-state index contributed by atoms with van der Waals surface area (Å²) >= 11 is 0. The molecule has 30 heavy (non-hydrogen) atoms. The molecule has 4 rings (SSSR count). The number of aryl methyl sites for hydroxylation is 1. The number of rotatable bonds is 5. The Bertz CT molecular complexity index is 1230. The summed E-state index contributed by atoms with van der Waals surface area (Å²) in [5, 5.41) is 9.62. The Hall–Kier alpha value is -3.51. The summed E-state index contributed by atoms with van der Waals surface area (Å²) in [7, 11) is 0. The van der Waals surface area contributed by atoms with Gasteiger partial charge in [0.05, 0.1) is 0 Å². The molecule has 0 bridgehead atoms. The molecule has 0 aliphatic rings. The van der Waals surface area contributed by atoms with Gasteiger partial charge in [-0.05, 0) is 58.2 Å². The first kappa shape index (κ1) is 19.8. The van der Waals surface area contributed by atoms with Crippen molar-refractivity contribution in [1.82, 2.24) is 0 Å². The van der Waals surface area contributed by atoms with Gasteiger partial charge in [0.1, 0.15) is 17.4 Å². The highest BCUT2D eigenvalue weighted by atomic mass is 19.1. The molecule has 3 heteroatoms. The summed E-state index contributed by atoms with van der Waals surface area (Å²) in [6, 6.07) is 24.7. The molecule has 0 N–H and O–H groups in total. The maximum atomic E-state index is 14.3. The number of hydrogen-bond acceptors (Lipinski definition) is 1. The second-order valence-electron chi connectivity index (χ2n) is 7.47. The lowest BCUT2D eigenvalue weighted by molar-refractivity contribution is 0.585. The maximum Gasteiger partial charge on any atom is 0.151 e. The van der Waals surface area contributed by atoms with Gasteiger partial charge in [-0.2, -0.15) is 5.26 Å². The van der Waals surface area contributed by atoms with Gasteiger partial charge in [-0.3, -0.25) is 0 Å². The van der Waals surface area contributed by atoms with Crippen LogP contribution in [0.25, 0.3) is 33.0 Å². The van der Waals surface area contributed by atoms with E-state index in [1.807, 2.05) is 12.1 Å². The molecule has 0 radical (unpaired) electrons. The van der Waals surface area contributed by atoms with Crippen molar-refractivity contribution >= 4 is 10.8 Å². The molecule has 0 fully saturated rings. The molecule has 0 aliphatic carbocycles. The predicted octanol–water partition coefficient (Wildman–Crippen LogP) is 7.67. The molecule has 0 aliphatic heterocycles. The van der Waals surface area contributed by atoms with Gasteiger partial charge in [0.2, 0.25) is 0 Å². The Balaban J connectivity index is 1.62. The average Bonchev–Trinajstić information content (AvgIpc) is 2.78. The van der Waals surface area contributed by atoms with E-state index in [1.165, 1.54) is 24.5 Å². The lowest BCUT2D eigenvalue weighted by Gasteiger charge is -2.08. The third kappa shape index (κ3) is 3.82. The highest BCUT2D eigenvalue weighted by Gasteiger charge is 2.14. The van der Waals surface area contributed by atoms with Crippen molar-refractivity contribution in [2.24, 2.45) is 0 Å². The molecule has 1 nitrogen and oxygen atoms in total. The summed E-state index contributed by atoms with van der Waals surface area (Å²) in [4.78, 5) is 0. The fourth-order valence-corrected chi connectivity index (χ4v) is 3.71. The Morgan fingerprint density at radius 3 is 1.93 bits per heavy atom. The fourth-order valence-electron chi connectivity index (χ4n) is 3.71. The van der Waals surface area contributed by atoms with Crippen LogP contribution in [0.4, 0.5) is 8.78 Å². The standard InChI is InChI=1S/C27H21F2N/c1-2-3-4-18-5-7-19(8-6-18)20-9-11-21(12-10-20)22-13-14-24-23(15-22)16-26(28)25(17-30)27(24)29/h5-16H,2-4H2,1H3. The molecule has 0 unspecified atom stereocenters. The number of nitrogens with zero attached hydrogens (tertiary/aromatic N) is 1. The number of fused-ring (bicyclic) bond motifs is 1. The minimum Gasteiger partial charge on any atom is -0.205 e. The van der Waals surface area contributed by atoms with E-state index in [-0.39, 0.29) is 5.39 Å². The SMILES string of the molecule is CCCCc1ccc(-c2ccc(-c3ccc4c(F)c(C#N)c(F)cc4c3)cc2)cc1.